The molecule has 4 rings (SSSR count). The van der Waals surface area contributed by atoms with Crippen molar-refractivity contribution in [3.05, 3.63) is 30.4 Å². The summed E-state index contributed by atoms with van der Waals surface area (Å²) in [6.45, 7) is 0.274. The van der Waals surface area contributed by atoms with Crippen molar-refractivity contribution >= 4 is 17.6 Å². The van der Waals surface area contributed by atoms with Crippen molar-refractivity contribution in [1.29, 1.82) is 0 Å². The Hall–Kier alpha value is -2.54. The van der Waals surface area contributed by atoms with Gasteiger partial charge in [0.05, 0.1) is 38.5 Å². The molecule has 1 spiro atoms. The number of fused-ring (bicyclic) bond motifs is 1. The van der Waals surface area contributed by atoms with Gasteiger partial charge in [-0.25, -0.2) is 0 Å². The van der Waals surface area contributed by atoms with Gasteiger partial charge in [-0.1, -0.05) is 12.2 Å². The predicted molar refractivity (Wildman–Crippen MR) is 83.3 cm³/mol. The van der Waals surface area contributed by atoms with Gasteiger partial charge in [-0.05, 0) is 12.1 Å². The van der Waals surface area contributed by atoms with E-state index in [9.17, 15) is 14.7 Å². The maximum Gasteiger partial charge on any atom is 0.310 e. The molecule has 126 valence electrons. The van der Waals surface area contributed by atoms with Crippen LogP contribution in [0.1, 0.15) is 0 Å². The number of nitrogens with zero attached hydrogens (tertiary/aromatic N) is 1. The van der Waals surface area contributed by atoms with Crippen LogP contribution in [0.25, 0.3) is 0 Å². The van der Waals surface area contributed by atoms with Crippen LogP contribution < -0.4 is 14.4 Å². The highest BCUT2D eigenvalue weighted by Crippen LogP contribution is 2.53. The molecule has 3 heterocycles. The zero-order valence-electron chi connectivity index (χ0n) is 13.3. The molecule has 7 heteroatoms. The van der Waals surface area contributed by atoms with Crippen LogP contribution in [-0.2, 0) is 14.3 Å². The lowest BCUT2D eigenvalue weighted by atomic mass is 9.77. The maximum atomic E-state index is 13.0. The number of carboxylic acids is 1. The van der Waals surface area contributed by atoms with Gasteiger partial charge in [0.15, 0.2) is 0 Å². The number of methoxy groups -OCH3 is 2. The summed E-state index contributed by atoms with van der Waals surface area (Å²) in [4.78, 5) is 26.1. The Morgan fingerprint density at radius 1 is 1.38 bits per heavy atom. The number of rotatable bonds is 4. The number of benzene rings is 1. The molecule has 2 saturated heterocycles. The van der Waals surface area contributed by atoms with E-state index in [0.717, 1.165) is 0 Å². The molecule has 0 radical (unpaired) electrons. The Morgan fingerprint density at radius 3 is 2.83 bits per heavy atom. The first-order valence-corrected chi connectivity index (χ1v) is 7.64. The van der Waals surface area contributed by atoms with Crippen LogP contribution in [0.5, 0.6) is 11.5 Å². The van der Waals surface area contributed by atoms with E-state index in [-0.39, 0.29) is 12.5 Å². The summed E-state index contributed by atoms with van der Waals surface area (Å²) in [6.07, 6.45) is 3.05. The number of carbonyl (C=O) groups excluding carboxylic acids is 1. The number of anilines is 1. The third-order valence-electron chi connectivity index (χ3n) is 5.06. The molecule has 4 atom stereocenters. The van der Waals surface area contributed by atoms with Crippen molar-refractivity contribution in [1.82, 2.24) is 0 Å². The standard InChI is InChI=1S/C17H17NO6/c1-22-9-3-4-10(12(7-9)23-2)18-8-17-6-5-11(24-17)13(16(20)21)14(17)15(18)19/h3-7,11,13-14H,8H2,1-2H3,(H,20,21)/t11-,13+,14-,17+/m0/s1. The lowest BCUT2D eigenvalue weighted by Crippen LogP contribution is -2.39. The molecule has 1 amide bonds. The van der Waals surface area contributed by atoms with Crippen LogP contribution in [0, 0.1) is 11.8 Å². The van der Waals surface area contributed by atoms with Crippen LogP contribution in [0.3, 0.4) is 0 Å². The summed E-state index contributed by atoms with van der Waals surface area (Å²) >= 11 is 0. The molecule has 24 heavy (non-hydrogen) atoms. The third kappa shape index (κ3) is 1.81. The molecule has 0 aromatic heterocycles. The second-order valence-electron chi connectivity index (χ2n) is 6.20. The Balaban J connectivity index is 1.74. The van der Waals surface area contributed by atoms with E-state index in [0.29, 0.717) is 17.2 Å². The quantitative estimate of drug-likeness (QED) is 0.831. The fraction of sp³-hybridized carbons (Fsp3) is 0.412. The fourth-order valence-electron chi connectivity index (χ4n) is 3.99. The van der Waals surface area contributed by atoms with Crippen molar-refractivity contribution in [2.24, 2.45) is 11.8 Å². The van der Waals surface area contributed by atoms with Crippen molar-refractivity contribution < 1.29 is 28.9 Å². The van der Waals surface area contributed by atoms with Crippen LogP contribution in [-0.4, -0.2) is 49.5 Å². The Labute approximate surface area is 138 Å². The predicted octanol–water partition coefficient (Wildman–Crippen LogP) is 1.07. The average molecular weight is 331 g/mol. The summed E-state index contributed by atoms with van der Waals surface area (Å²) in [5.41, 5.74) is -0.285. The van der Waals surface area contributed by atoms with Gasteiger partial charge in [0.25, 0.3) is 0 Å². The lowest BCUT2D eigenvalue weighted by molar-refractivity contribution is -0.146. The number of hydrogen-bond donors (Lipinski definition) is 1. The van der Waals surface area contributed by atoms with Gasteiger partial charge in [-0.2, -0.15) is 0 Å². The first kappa shape index (κ1) is 15.0. The Bertz CT molecular complexity index is 759. The number of carbonyl (C=O) groups is 2. The summed E-state index contributed by atoms with van der Waals surface area (Å²) in [5.74, 6) is -1.72. The van der Waals surface area contributed by atoms with Crippen molar-refractivity contribution in [3.63, 3.8) is 0 Å². The van der Waals surface area contributed by atoms with Gasteiger partial charge in [-0.15, -0.1) is 0 Å². The van der Waals surface area contributed by atoms with Gasteiger partial charge in [0.1, 0.15) is 23.0 Å². The monoisotopic (exact) mass is 331 g/mol. The number of amides is 1. The minimum Gasteiger partial charge on any atom is -0.497 e. The van der Waals surface area contributed by atoms with E-state index >= 15 is 0 Å². The van der Waals surface area contributed by atoms with Crippen LogP contribution >= 0.6 is 0 Å². The first-order valence-electron chi connectivity index (χ1n) is 7.64. The van der Waals surface area contributed by atoms with Crippen molar-refractivity contribution in [2.75, 3.05) is 25.7 Å². The molecule has 0 unspecified atom stereocenters. The molecule has 0 saturated carbocycles. The SMILES string of the molecule is COc1ccc(N2C[C@@]34C=C[C@H](O3)[C@@H](C(=O)O)[C@H]4C2=O)c(OC)c1. The highest BCUT2D eigenvalue weighted by molar-refractivity contribution is 6.03. The highest BCUT2D eigenvalue weighted by atomic mass is 16.5. The Kier molecular flexibility index (Phi) is 3.11. The van der Waals surface area contributed by atoms with Crippen molar-refractivity contribution in [3.8, 4) is 11.5 Å². The zero-order valence-corrected chi connectivity index (χ0v) is 13.3. The van der Waals surface area contributed by atoms with E-state index in [1.54, 1.807) is 36.3 Å². The van der Waals surface area contributed by atoms with Crippen LogP contribution in [0.2, 0.25) is 0 Å². The van der Waals surface area contributed by atoms with Gasteiger partial charge in [-0.3, -0.25) is 9.59 Å². The highest BCUT2D eigenvalue weighted by Gasteiger charge is 2.67. The fourth-order valence-corrected chi connectivity index (χ4v) is 3.99. The van der Waals surface area contributed by atoms with Crippen molar-refractivity contribution in [2.45, 2.75) is 11.7 Å². The molecule has 7 nitrogen and oxygen atoms in total. The van der Waals surface area contributed by atoms with Crippen LogP contribution in [0.15, 0.2) is 30.4 Å². The summed E-state index contributed by atoms with van der Waals surface area (Å²) in [5, 5.41) is 9.50. The third-order valence-corrected chi connectivity index (χ3v) is 5.06. The zero-order chi connectivity index (χ0) is 17.1. The first-order chi connectivity index (χ1) is 11.5. The smallest absolute Gasteiger partial charge is 0.310 e. The number of carboxylic acid groups (broad SMARTS) is 1. The molecule has 2 bridgehead atoms. The normalized spacial score (nSPS) is 33.0. The maximum absolute atomic E-state index is 13.0. The minimum absolute atomic E-state index is 0.252. The van der Waals surface area contributed by atoms with E-state index in [1.807, 2.05) is 6.08 Å². The molecule has 2 fully saturated rings. The topological polar surface area (TPSA) is 85.3 Å². The Morgan fingerprint density at radius 2 is 2.17 bits per heavy atom. The molecule has 3 aliphatic rings. The van der Waals surface area contributed by atoms with Gasteiger partial charge in [0.2, 0.25) is 5.91 Å². The van der Waals surface area contributed by atoms with Crippen LogP contribution in [0.4, 0.5) is 5.69 Å². The average Bonchev–Trinajstić information content (AvgIpc) is 3.22. The summed E-state index contributed by atoms with van der Waals surface area (Å²) in [6, 6.07) is 5.16. The second kappa shape index (κ2) is 4.98. The summed E-state index contributed by atoms with van der Waals surface area (Å²) in [7, 11) is 3.06. The number of hydrogen-bond acceptors (Lipinski definition) is 5. The van der Waals surface area contributed by atoms with E-state index < -0.39 is 29.5 Å². The minimum atomic E-state index is -1.01. The van der Waals surface area contributed by atoms with Gasteiger partial charge < -0.3 is 24.2 Å². The molecule has 1 aromatic rings. The van der Waals surface area contributed by atoms with E-state index in [1.165, 1.54) is 7.11 Å². The second-order valence-corrected chi connectivity index (χ2v) is 6.20. The molecule has 3 aliphatic heterocycles. The van der Waals surface area contributed by atoms with E-state index in [4.69, 9.17) is 14.2 Å². The number of aliphatic carboxylic acids is 1. The van der Waals surface area contributed by atoms with Gasteiger partial charge >= 0.3 is 5.97 Å². The summed E-state index contributed by atoms with van der Waals surface area (Å²) < 4.78 is 16.4. The van der Waals surface area contributed by atoms with Gasteiger partial charge in [0, 0.05) is 6.07 Å². The lowest BCUT2D eigenvalue weighted by Gasteiger charge is -2.23. The molecule has 0 aliphatic carbocycles. The molecule has 1 N–H and O–H groups in total. The molecular weight excluding hydrogens is 314 g/mol. The molecule has 1 aromatic carbocycles. The largest absolute Gasteiger partial charge is 0.497 e. The van der Waals surface area contributed by atoms with E-state index in [2.05, 4.69) is 0 Å². The molecular formula is C17H17NO6. The number of ether oxygens (including phenoxy) is 3.